The number of benzene rings is 2. The zero-order chi connectivity index (χ0) is 15.6. The number of ketones is 1. The highest BCUT2D eigenvalue weighted by molar-refractivity contribution is 9.10. The van der Waals surface area contributed by atoms with E-state index in [2.05, 4.69) is 15.9 Å². The number of carbonyl (C=O) groups excluding carboxylic acids is 1. The van der Waals surface area contributed by atoms with Crippen LogP contribution in [0.2, 0.25) is 5.02 Å². The first-order valence-electron chi connectivity index (χ1n) is 5.78. The van der Waals surface area contributed by atoms with Crippen LogP contribution in [-0.4, -0.2) is 5.78 Å². The average Bonchev–Trinajstić information content (AvgIpc) is 2.44. The first kappa shape index (κ1) is 15.6. The molecule has 0 amide bonds. The maximum absolute atomic E-state index is 13.8. The fraction of sp³-hybridized carbons (Fsp3) is 0.0667. The fourth-order valence-electron chi connectivity index (χ4n) is 1.85. The molecule has 0 aromatic heterocycles. The summed E-state index contributed by atoms with van der Waals surface area (Å²) >= 11 is 9.19. The molecule has 0 N–H and O–H groups in total. The summed E-state index contributed by atoms with van der Waals surface area (Å²) in [6.07, 6.45) is 0. The van der Waals surface area contributed by atoms with Gasteiger partial charge in [0, 0.05) is 21.7 Å². The van der Waals surface area contributed by atoms with Gasteiger partial charge >= 0.3 is 0 Å². The average molecular weight is 371 g/mol. The Labute approximate surface area is 133 Å². The Morgan fingerprint density at radius 3 is 2.62 bits per heavy atom. The zero-order valence-electron chi connectivity index (χ0n) is 10.4. The summed E-state index contributed by atoms with van der Waals surface area (Å²) in [5.74, 6) is -3.76. The number of halogens is 4. The number of nitriles is 1. The van der Waals surface area contributed by atoms with Crippen molar-refractivity contribution in [3.05, 3.63) is 68.7 Å². The quantitative estimate of drug-likeness (QED) is 0.723. The minimum atomic E-state index is -1.39. The van der Waals surface area contributed by atoms with E-state index < -0.39 is 23.3 Å². The summed E-state index contributed by atoms with van der Waals surface area (Å²) in [6, 6.07) is 9.12. The second-order valence-corrected chi connectivity index (χ2v) is 5.43. The molecule has 0 aliphatic heterocycles. The van der Waals surface area contributed by atoms with Crippen LogP contribution in [0.25, 0.3) is 0 Å². The smallest absolute Gasteiger partial charge is 0.186 e. The van der Waals surface area contributed by atoms with Crippen LogP contribution in [0.5, 0.6) is 0 Å². The third-order valence-corrected chi connectivity index (χ3v) is 4.18. The lowest BCUT2D eigenvalue weighted by Gasteiger charge is -2.11. The monoisotopic (exact) mass is 369 g/mol. The van der Waals surface area contributed by atoms with Crippen LogP contribution in [-0.2, 0) is 0 Å². The molecular formula is C15H7BrClF2NO. The molecule has 2 aromatic rings. The van der Waals surface area contributed by atoms with Crippen molar-refractivity contribution in [3.8, 4) is 6.07 Å². The number of nitrogens with zero attached hydrogens (tertiary/aromatic N) is 1. The Kier molecular flexibility index (Phi) is 4.71. The molecule has 0 radical (unpaired) electrons. The van der Waals surface area contributed by atoms with E-state index in [0.717, 1.165) is 12.1 Å². The molecule has 2 rings (SSSR count). The van der Waals surface area contributed by atoms with Crippen LogP contribution in [0.1, 0.15) is 21.8 Å². The minimum absolute atomic E-state index is 0.0984. The van der Waals surface area contributed by atoms with E-state index in [1.807, 2.05) is 0 Å². The Balaban J connectivity index is 2.49. The second-order valence-electron chi connectivity index (χ2n) is 4.19. The number of hydrogen-bond donors (Lipinski definition) is 0. The van der Waals surface area contributed by atoms with E-state index >= 15 is 0 Å². The first-order valence-corrected chi connectivity index (χ1v) is 6.95. The molecule has 0 spiro atoms. The summed E-state index contributed by atoms with van der Waals surface area (Å²) in [6.45, 7) is 0. The van der Waals surface area contributed by atoms with Gasteiger partial charge in [0.2, 0.25) is 0 Å². The highest BCUT2D eigenvalue weighted by Gasteiger charge is 2.27. The largest absolute Gasteiger partial charge is 0.292 e. The molecule has 0 heterocycles. The van der Waals surface area contributed by atoms with Crippen molar-refractivity contribution < 1.29 is 13.6 Å². The molecular weight excluding hydrogens is 364 g/mol. The topological polar surface area (TPSA) is 40.9 Å². The van der Waals surface area contributed by atoms with Gasteiger partial charge in [-0.05, 0) is 34.1 Å². The van der Waals surface area contributed by atoms with Gasteiger partial charge in [-0.3, -0.25) is 4.79 Å². The van der Waals surface area contributed by atoms with Crippen molar-refractivity contribution in [2.24, 2.45) is 0 Å². The van der Waals surface area contributed by atoms with Crippen LogP contribution in [0.3, 0.4) is 0 Å². The highest BCUT2D eigenvalue weighted by atomic mass is 79.9. The predicted octanol–water partition coefficient (Wildman–Crippen LogP) is 4.87. The van der Waals surface area contributed by atoms with E-state index in [0.29, 0.717) is 10.5 Å². The van der Waals surface area contributed by atoms with Gasteiger partial charge in [0.1, 0.15) is 17.6 Å². The summed E-state index contributed by atoms with van der Waals surface area (Å²) in [4.78, 5) is 12.4. The predicted molar refractivity (Wildman–Crippen MR) is 78.2 cm³/mol. The fourth-order valence-corrected chi connectivity index (χ4v) is 2.44. The second kappa shape index (κ2) is 6.33. The molecule has 0 aliphatic carbocycles. The van der Waals surface area contributed by atoms with Gasteiger partial charge in [-0.2, -0.15) is 5.26 Å². The van der Waals surface area contributed by atoms with Crippen molar-refractivity contribution in [2.75, 3.05) is 0 Å². The van der Waals surface area contributed by atoms with Crippen molar-refractivity contribution in [2.45, 2.75) is 5.92 Å². The van der Waals surface area contributed by atoms with Gasteiger partial charge in [0.05, 0.1) is 11.1 Å². The van der Waals surface area contributed by atoms with Gasteiger partial charge in [-0.1, -0.05) is 23.7 Å². The Morgan fingerprint density at radius 2 is 2.00 bits per heavy atom. The Morgan fingerprint density at radius 1 is 1.29 bits per heavy atom. The lowest BCUT2D eigenvalue weighted by atomic mass is 9.91. The van der Waals surface area contributed by atoms with E-state index in [1.165, 1.54) is 6.07 Å². The summed E-state index contributed by atoms with van der Waals surface area (Å²) in [7, 11) is 0. The lowest BCUT2D eigenvalue weighted by Crippen LogP contribution is -2.13. The first-order chi connectivity index (χ1) is 9.95. The summed E-state index contributed by atoms with van der Waals surface area (Å²) < 4.78 is 27.2. The van der Waals surface area contributed by atoms with Crippen LogP contribution < -0.4 is 0 Å². The van der Waals surface area contributed by atoms with Crippen molar-refractivity contribution in [1.82, 2.24) is 0 Å². The molecule has 0 bridgehead atoms. The van der Waals surface area contributed by atoms with Gasteiger partial charge < -0.3 is 0 Å². The van der Waals surface area contributed by atoms with Gasteiger partial charge in [0.15, 0.2) is 5.78 Å². The maximum atomic E-state index is 13.8. The Bertz CT molecular complexity index is 758. The van der Waals surface area contributed by atoms with E-state index in [4.69, 9.17) is 11.6 Å². The van der Waals surface area contributed by atoms with Crippen molar-refractivity contribution in [1.29, 1.82) is 5.26 Å². The van der Waals surface area contributed by atoms with Gasteiger partial charge in [0.25, 0.3) is 0 Å². The van der Waals surface area contributed by atoms with E-state index in [1.54, 1.807) is 18.2 Å². The van der Waals surface area contributed by atoms with Crippen LogP contribution in [0.4, 0.5) is 8.78 Å². The summed E-state index contributed by atoms with van der Waals surface area (Å²) in [5, 5.41) is 9.32. The zero-order valence-corrected chi connectivity index (χ0v) is 12.8. The molecule has 2 aromatic carbocycles. The lowest BCUT2D eigenvalue weighted by molar-refractivity contribution is 0.0977. The van der Waals surface area contributed by atoms with Gasteiger partial charge in [-0.25, -0.2) is 8.78 Å². The molecule has 21 heavy (non-hydrogen) atoms. The number of Topliss-reactive ketones (excluding diaryl/α,β-unsaturated/α-hetero) is 1. The third kappa shape index (κ3) is 3.12. The highest BCUT2D eigenvalue weighted by Crippen LogP contribution is 2.31. The molecule has 0 saturated heterocycles. The van der Waals surface area contributed by atoms with Crippen LogP contribution >= 0.6 is 27.5 Å². The van der Waals surface area contributed by atoms with E-state index in [9.17, 15) is 18.8 Å². The molecule has 1 atom stereocenters. The standard InChI is InChI=1S/C15H7BrClF2NO/c16-12-3-1-2-10(14(12)17)15(21)11(7-20)9-5-4-8(18)6-13(9)19/h1-6,11H. The SMILES string of the molecule is N#CC(C(=O)c1cccc(Br)c1Cl)c1ccc(F)cc1F. The third-order valence-electron chi connectivity index (χ3n) is 2.88. The number of rotatable bonds is 3. The molecule has 1 unspecified atom stereocenters. The normalized spacial score (nSPS) is 11.8. The van der Waals surface area contributed by atoms with Crippen molar-refractivity contribution in [3.63, 3.8) is 0 Å². The molecule has 0 saturated carbocycles. The molecule has 2 nitrogen and oxygen atoms in total. The van der Waals surface area contributed by atoms with E-state index in [-0.39, 0.29) is 16.1 Å². The van der Waals surface area contributed by atoms with Crippen molar-refractivity contribution >= 4 is 33.3 Å². The molecule has 0 aliphatic rings. The Hall–Kier alpha value is -1.77. The maximum Gasteiger partial charge on any atom is 0.186 e. The van der Waals surface area contributed by atoms with Crippen LogP contribution in [0, 0.1) is 23.0 Å². The molecule has 0 fully saturated rings. The molecule has 106 valence electrons. The minimum Gasteiger partial charge on any atom is -0.292 e. The number of hydrogen-bond acceptors (Lipinski definition) is 2. The number of carbonyl (C=O) groups is 1. The van der Waals surface area contributed by atoms with Gasteiger partial charge in [-0.15, -0.1) is 0 Å². The molecule has 6 heteroatoms. The summed E-state index contributed by atoms with van der Waals surface area (Å²) in [5.41, 5.74) is -0.0822. The van der Waals surface area contributed by atoms with Crippen LogP contribution in [0.15, 0.2) is 40.9 Å².